The maximum atomic E-state index is 12.8. The van der Waals surface area contributed by atoms with E-state index in [9.17, 15) is 18.0 Å². The van der Waals surface area contributed by atoms with E-state index in [4.69, 9.17) is 0 Å². The number of alkyl halides is 3. The van der Waals surface area contributed by atoms with Crippen molar-refractivity contribution in [2.75, 3.05) is 5.32 Å². The molecule has 146 valence electrons. The fourth-order valence-electron chi connectivity index (χ4n) is 2.21. The summed E-state index contributed by atoms with van der Waals surface area (Å²) in [6.45, 7) is 2.01. The fraction of sp³-hybridized carbons (Fsp3) is 0.294. The molecule has 0 spiro atoms. The van der Waals surface area contributed by atoms with Crippen LogP contribution in [0.4, 0.5) is 24.7 Å². The Morgan fingerprint density at radius 1 is 1.32 bits per heavy atom. The van der Waals surface area contributed by atoms with Crippen LogP contribution in [0, 0.1) is 11.8 Å². The van der Waals surface area contributed by atoms with Gasteiger partial charge in [-0.2, -0.15) is 4.98 Å². The van der Waals surface area contributed by atoms with Gasteiger partial charge in [0.25, 0.3) is 5.56 Å². The number of nitrogens with one attached hydrogen (secondary N) is 2. The minimum atomic E-state index is -4.93. The van der Waals surface area contributed by atoms with E-state index in [1.165, 1.54) is 12.1 Å². The molecule has 8 nitrogen and oxygen atoms in total. The number of unbranched alkanes of at least 4 members (excludes halogenated alkanes) is 2. The molecular formula is C17H14F3N5O3. The fourth-order valence-corrected chi connectivity index (χ4v) is 2.21. The number of fused-ring (bicyclic) bond motifs is 1. The molecule has 0 atom stereocenters. The van der Waals surface area contributed by atoms with Gasteiger partial charge in [0, 0.05) is 12.0 Å². The Kier molecular flexibility index (Phi) is 5.49. The number of aromatic nitrogens is 4. The van der Waals surface area contributed by atoms with Gasteiger partial charge in [0.1, 0.15) is 0 Å². The first-order chi connectivity index (χ1) is 13.4. The van der Waals surface area contributed by atoms with Crippen molar-refractivity contribution in [2.45, 2.75) is 32.5 Å². The Morgan fingerprint density at radius 2 is 2.14 bits per heavy atom. The van der Waals surface area contributed by atoms with E-state index in [1.54, 1.807) is 0 Å². The molecule has 0 fully saturated rings. The number of ether oxygens (including phenoxy) is 1. The van der Waals surface area contributed by atoms with Crippen molar-refractivity contribution in [1.82, 2.24) is 20.3 Å². The molecule has 0 saturated carbocycles. The molecule has 0 aliphatic rings. The van der Waals surface area contributed by atoms with Gasteiger partial charge in [-0.1, -0.05) is 25.2 Å². The highest BCUT2D eigenvalue weighted by Crippen LogP contribution is 2.32. The predicted molar refractivity (Wildman–Crippen MR) is 93.0 cm³/mol. The van der Waals surface area contributed by atoms with Gasteiger partial charge in [-0.05, 0) is 34.9 Å². The summed E-state index contributed by atoms with van der Waals surface area (Å²) < 4.78 is 46.9. The summed E-state index contributed by atoms with van der Waals surface area (Å²) in [5.74, 6) is 4.84. The molecule has 0 unspecified atom stereocenters. The monoisotopic (exact) mass is 393 g/mol. The topological polar surface area (TPSA) is 106 Å². The minimum absolute atomic E-state index is 0.0139. The molecule has 0 bridgehead atoms. The third-order valence-corrected chi connectivity index (χ3v) is 3.48. The van der Waals surface area contributed by atoms with Crippen LogP contribution in [0.1, 0.15) is 31.7 Å². The summed E-state index contributed by atoms with van der Waals surface area (Å²) in [7, 11) is 0. The Labute approximate surface area is 156 Å². The average molecular weight is 393 g/mol. The van der Waals surface area contributed by atoms with Crippen molar-refractivity contribution in [3.05, 3.63) is 34.1 Å². The van der Waals surface area contributed by atoms with Crippen LogP contribution in [0.15, 0.2) is 27.6 Å². The van der Waals surface area contributed by atoms with E-state index in [1.807, 2.05) is 6.92 Å². The van der Waals surface area contributed by atoms with Gasteiger partial charge in [0.15, 0.2) is 11.6 Å². The van der Waals surface area contributed by atoms with E-state index < -0.39 is 17.7 Å². The molecule has 3 rings (SSSR count). The average Bonchev–Trinajstić information content (AvgIpc) is 3.06. The number of rotatable bonds is 5. The second kappa shape index (κ2) is 7.99. The Balaban J connectivity index is 1.94. The van der Waals surface area contributed by atoms with E-state index in [-0.39, 0.29) is 22.8 Å². The van der Waals surface area contributed by atoms with Crippen LogP contribution in [-0.2, 0) is 0 Å². The molecule has 1 aromatic carbocycles. The van der Waals surface area contributed by atoms with Crippen molar-refractivity contribution in [1.29, 1.82) is 0 Å². The zero-order valence-electron chi connectivity index (χ0n) is 14.6. The van der Waals surface area contributed by atoms with Crippen molar-refractivity contribution in [3.63, 3.8) is 0 Å². The maximum Gasteiger partial charge on any atom is 0.573 e. The van der Waals surface area contributed by atoms with E-state index >= 15 is 0 Å². The molecule has 0 aliphatic heterocycles. The zero-order chi connectivity index (χ0) is 20.1. The minimum Gasteiger partial charge on any atom is -0.404 e. The molecule has 0 saturated heterocycles. The Bertz CT molecular complexity index is 1100. The van der Waals surface area contributed by atoms with Gasteiger partial charge in [-0.3, -0.25) is 9.78 Å². The summed E-state index contributed by atoms with van der Waals surface area (Å²) in [6.07, 6.45) is -2.43. The third kappa shape index (κ3) is 4.79. The number of hydrogen-bond donors (Lipinski definition) is 2. The molecule has 3 aromatic rings. The molecule has 2 heterocycles. The molecular weight excluding hydrogens is 379 g/mol. The second-order valence-electron chi connectivity index (χ2n) is 5.64. The lowest BCUT2D eigenvalue weighted by atomic mass is 10.1. The molecule has 0 amide bonds. The van der Waals surface area contributed by atoms with E-state index in [0.29, 0.717) is 12.0 Å². The van der Waals surface area contributed by atoms with Crippen molar-refractivity contribution in [3.8, 4) is 17.6 Å². The lowest BCUT2D eigenvalue weighted by Crippen LogP contribution is -2.19. The summed E-state index contributed by atoms with van der Waals surface area (Å²) in [5, 5.41) is 9.41. The lowest BCUT2D eigenvalue weighted by Gasteiger charge is -2.14. The highest BCUT2D eigenvalue weighted by Gasteiger charge is 2.32. The standard InChI is InChI=1S/C17H14F3N5O3/c1-2-3-4-5-6-10-7-8-11(12(9-10)27-17(18,19)20)21-15-16(26)23-14-13(22-15)24-28-25-14/h7-9H,2-4H2,1H3,(H,21,22,24)(H,23,25,26). The molecule has 0 radical (unpaired) electrons. The second-order valence-corrected chi connectivity index (χ2v) is 5.64. The van der Waals surface area contributed by atoms with Gasteiger partial charge in [-0.25, -0.2) is 4.63 Å². The van der Waals surface area contributed by atoms with Crippen molar-refractivity contribution < 1.29 is 22.5 Å². The van der Waals surface area contributed by atoms with E-state index in [2.05, 4.69) is 46.8 Å². The van der Waals surface area contributed by atoms with Crippen LogP contribution in [0.25, 0.3) is 11.3 Å². The van der Waals surface area contributed by atoms with Crippen LogP contribution in [0.2, 0.25) is 0 Å². The smallest absolute Gasteiger partial charge is 0.404 e. The summed E-state index contributed by atoms with van der Waals surface area (Å²) in [4.78, 5) is 18.2. The lowest BCUT2D eigenvalue weighted by molar-refractivity contribution is -0.274. The van der Waals surface area contributed by atoms with Crippen LogP contribution in [0.3, 0.4) is 0 Å². The van der Waals surface area contributed by atoms with Crippen LogP contribution >= 0.6 is 0 Å². The van der Waals surface area contributed by atoms with Crippen LogP contribution in [-0.4, -0.2) is 26.6 Å². The first-order valence-corrected chi connectivity index (χ1v) is 8.24. The van der Waals surface area contributed by atoms with Crippen molar-refractivity contribution in [2.24, 2.45) is 0 Å². The number of aromatic amines is 1. The van der Waals surface area contributed by atoms with Crippen LogP contribution in [0.5, 0.6) is 5.75 Å². The van der Waals surface area contributed by atoms with Crippen LogP contribution < -0.4 is 15.6 Å². The normalized spacial score (nSPS) is 11.1. The number of H-pyrrole nitrogens is 1. The van der Waals surface area contributed by atoms with Gasteiger partial charge in [0.2, 0.25) is 11.3 Å². The first-order valence-electron chi connectivity index (χ1n) is 8.24. The molecule has 2 N–H and O–H groups in total. The van der Waals surface area contributed by atoms with E-state index in [0.717, 1.165) is 18.9 Å². The van der Waals surface area contributed by atoms with Gasteiger partial charge >= 0.3 is 6.36 Å². The quantitative estimate of drug-likeness (QED) is 0.505. The number of hydrogen-bond acceptors (Lipinski definition) is 7. The number of nitrogens with zero attached hydrogens (tertiary/aromatic N) is 3. The van der Waals surface area contributed by atoms with Crippen molar-refractivity contribution >= 4 is 22.8 Å². The molecule has 28 heavy (non-hydrogen) atoms. The molecule has 2 aromatic heterocycles. The number of anilines is 2. The Hall–Kier alpha value is -3.55. The maximum absolute atomic E-state index is 12.8. The van der Waals surface area contributed by atoms with Gasteiger partial charge in [0.05, 0.1) is 5.69 Å². The molecule has 0 aliphatic carbocycles. The largest absolute Gasteiger partial charge is 0.573 e. The summed E-state index contributed by atoms with van der Waals surface area (Å²) >= 11 is 0. The summed E-state index contributed by atoms with van der Waals surface area (Å²) in [5.41, 5.74) is -0.493. The highest BCUT2D eigenvalue weighted by molar-refractivity contribution is 5.70. The number of benzene rings is 1. The predicted octanol–water partition coefficient (Wildman–Crippen LogP) is 3.49. The van der Waals surface area contributed by atoms with Gasteiger partial charge < -0.3 is 10.1 Å². The zero-order valence-corrected chi connectivity index (χ0v) is 14.6. The highest BCUT2D eigenvalue weighted by atomic mass is 19.4. The SMILES string of the molecule is CCCCC#Cc1ccc(Nc2nc3nonc3[nH]c2=O)c(OC(F)(F)F)c1. The number of halogens is 3. The summed E-state index contributed by atoms with van der Waals surface area (Å²) in [6, 6.07) is 3.96. The third-order valence-electron chi connectivity index (χ3n) is 3.48. The molecule has 11 heteroatoms. The van der Waals surface area contributed by atoms with Gasteiger partial charge in [-0.15, -0.1) is 13.2 Å². The Morgan fingerprint density at radius 3 is 2.89 bits per heavy atom. The first kappa shape index (κ1) is 19.2.